The largest absolute Gasteiger partial charge is 0.392 e. The van der Waals surface area contributed by atoms with Gasteiger partial charge in [0.15, 0.2) is 11.1 Å². The average Bonchev–Trinajstić information content (AvgIpc) is 3.54. The lowest BCUT2D eigenvalue weighted by atomic mass is 9.98. The van der Waals surface area contributed by atoms with Crippen molar-refractivity contribution in [3.8, 4) is 0 Å². The maximum Gasteiger partial charge on any atom is 0.294 e. The first-order valence-electron chi connectivity index (χ1n) is 9.43. The molecule has 0 aromatic carbocycles. The molecule has 0 unspecified atom stereocenters. The molecule has 4 rings (SSSR count). The summed E-state index contributed by atoms with van der Waals surface area (Å²) in [6, 6.07) is 1.76. The third kappa shape index (κ3) is 2.53. The fraction of sp³-hybridized carbons (Fsp3) is 0.579. The number of fused-ring (bicyclic) bond motifs is 1. The van der Waals surface area contributed by atoms with Crippen LogP contribution in [-0.2, 0) is 13.2 Å². The fourth-order valence-electron chi connectivity index (χ4n) is 3.97. The minimum absolute atomic E-state index is 0.156. The Kier molecular flexibility index (Phi) is 4.06. The van der Waals surface area contributed by atoms with E-state index in [1.54, 1.807) is 16.8 Å². The number of hydrogen-bond acceptors (Lipinski definition) is 5. The van der Waals surface area contributed by atoms with E-state index < -0.39 is 0 Å². The van der Waals surface area contributed by atoms with Crippen LogP contribution >= 0.6 is 0 Å². The van der Waals surface area contributed by atoms with Crippen LogP contribution in [0.1, 0.15) is 51.0 Å². The molecule has 0 aliphatic heterocycles. The summed E-state index contributed by atoms with van der Waals surface area (Å²) in [5.74, 6) is 0.857. The van der Waals surface area contributed by atoms with Gasteiger partial charge in [-0.2, -0.15) is 0 Å². The van der Waals surface area contributed by atoms with Gasteiger partial charge in [-0.25, -0.2) is 4.98 Å². The summed E-state index contributed by atoms with van der Waals surface area (Å²) in [4.78, 5) is 17.4. The molecule has 2 aromatic heterocycles. The number of nitrogens with one attached hydrogen (secondary N) is 2. The molecule has 0 radical (unpaired) electrons. The van der Waals surface area contributed by atoms with E-state index in [4.69, 9.17) is 10.8 Å². The second kappa shape index (κ2) is 6.16. The van der Waals surface area contributed by atoms with Crippen LogP contribution in [0.3, 0.4) is 0 Å². The fourth-order valence-corrected chi connectivity index (χ4v) is 3.97. The number of aliphatic hydroxyl groups is 1. The number of unbranched alkanes of at least 4 members (excludes halogenated alkanes) is 1. The number of hydrogen-bond donors (Lipinski definition) is 3. The van der Waals surface area contributed by atoms with E-state index >= 15 is 0 Å². The standard InChI is InChI=1S/C19H25N5O2/c1-2-3-8-23-14-9-12(11-25)10-22-16(14)24(15(20)17(23)26)18(21)19(6-7-19)13-4-5-13/h9-10,13,20-21,25H,2-8,11H2,1H3. The number of rotatable bonds is 6. The molecule has 0 saturated heterocycles. The van der Waals surface area contributed by atoms with Crippen molar-refractivity contribution in [2.24, 2.45) is 11.3 Å². The van der Waals surface area contributed by atoms with Gasteiger partial charge in [0.25, 0.3) is 5.56 Å². The van der Waals surface area contributed by atoms with Gasteiger partial charge in [-0.05, 0) is 49.7 Å². The third-order valence-electron chi connectivity index (χ3n) is 5.84. The van der Waals surface area contributed by atoms with Crippen molar-refractivity contribution in [1.29, 1.82) is 10.8 Å². The highest BCUT2D eigenvalue weighted by atomic mass is 16.3. The second-order valence-corrected chi connectivity index (χ2v) is 7.62. The topological polar surface area (TPSA) is 108 Å². The van der Waals surface area contributed by atoms with Crippen molar-refractivity contribution in [2.45, 2.75) is 58.6 Å². The van der Waals surface area contributed by atoms with Crippen molar-refractivity contribution >= 4 is 17.0 Å². The first-order valence-corrected chi connectivity index (χ1v) is 9.43. The molecule has 7 heteroatoms. The van der Waals surface area contributed by atoms with Crippen LogP contribution in [0, 0.1) is 22.2 Å². The summed E-state index contributed by atoms with van der Waals surface area (Å²) in [5, 5.41) is 26.7. The van der Waals surface area contributed by atoms with Crippen LogP contribution in [0.2, 0.25) is 0 Å². The number of pyridine rings is 1. The summed E-state index contributed by atoms with van der Waals surface area (Å²) < 4.78 is 3.03. The van der Waals surface area contributed by atoms with Crippen LogP contribution in [0.25, 0.3) is 11.2 Å². The number of aromatic nitrogens is 3. The molecule has 0 spiro atoms. The molecule has 0 atom stereocenters. The van der Waals surface area contributed by atoms with Crippen LogP contribution in [-0.4, -0.2) is 25.1 Å². The molecule has 138 valence electrons. The van der Waals surface area contributed by atoms with Gasteiger partial charge in [0.1, 0.15) is 5.84 Å². The zero-order chi connectivity index (χ0) is 18.5. The van der Waals surface area contributed by atoms with Crippen molar-refractivity contribution in [3.05, 3.63) is 33.7 Å². The van der Waals surface area contributed by atoms with E-state index in [1.807, 2.05) is 0 Å². The Morgan fingerprint density at radius 1 is 1.42 bits per heavy atom. The summed E-state index contributed by atoms with van der Waals surface area (Å²) in [7, 11) is 0. The van der Waals surface area contributed by atoms with Gasteiger partial charge in [0, 0.05) is 18.2 Å². The Balaban J connectivity index is 1.96. The van der Waals surface area contributed by atoms with Gasteiger partial charge in [-0.1, -0.05) is 13.3 Å². The maximum absolute atomic E-state index is 12.9. The lowest BCUT2D eigenvalue weighted by Gasteiger charge is -2.21. The van der Waals surface area contributed by atoms with E-state index in [9.17, 15) is 9.90 Å². The van der Waals surface area contributed by atoms with E-state index in [2.05, 4.69) is 11.9 Å². The number of aliphatic hydroxyl groups excluding tert-OH is 1. The molecule has 2 aromatic rings. The Labute approximate surface area is 151 Å². The quantitative estimate of drug-likeness (QED) is 0.544. The average molecular weight is 355 g/mol. The zero-order valence-corrected chi connectivity index (χ0v) is 15.1. The molecule has 2 heterocycles. The molecule has 7 nitrogen and oxygen atoms in total. The molecule has 2 aliphatic carbocycles. The van der Waals surface area contributed by atoms with E-state index in [0.717, 1.165) is 38.5 Å². The van der Waals surface area contributed by atoms with Gasteiger partial charge in [-0.3, -0.25) is 20.2 Å². The minimum atomic E-state index is -0.390. The molecule has 2 fully saturated rings. The maximum atomic E-state index is 12.9. The Morgan fingerprint density at radius 2 is 2.15 bits per heavy atom. The van der Waals surface area contributed by atoms with Crippen molar-refractivity contribution < 1.29 is 5.11 Å². The first kappa shape index (κ1) is 17.1. The molecule has 0 bridgehead atoms. The molecule has 3 N–H and O–H groups in total. The van der Waals surface area contributed by atoms with Crippen molar-refractivity contribution in [3.63, 3.8) is 0 Å². The summed E-state index contributed by atoms with van der Waals surface area (Å²) in [6.45, 7) is 2.41. The predicted molar refractivity (Wildman–Crippen MR) is 98.2 cm³/mol. The lowest BCUT2D eigenvalue weighted by Crippen LogP contribution is -2.46. The zero-order valence-electron chi connectivity index (χ0n) is 15.1. The summed E-state index contributed by atoms with van der Waals surface area (Å²) >= 11 is 0. The highest BCUT2D eigenvalue weighted by molar-refractivity contribution is 5.95. The normalized spacial score (nSPS) is 18.2. The van der Waals surface area contributed by atoms with Gasteiger partial charge in [0.05, 0.1) is 12.1 Å². The molecule has 2 aliphatic rings. The minimum Gasteiger partial charge on any atom is -0.392 e. The van der Waals surface area contributed by atoms with Gasteiger partial charge >= 0.3 is 0 Å². The van der Waals surface area contributed by atoms with Crippen molar-refractivity contribution in [2.75, 3.05) is 0 Å². The SMILES string of the molecule is CCCCn1c(=O)c(=N)n(C(=N)C2(C3CC3)CC2)c2ncc(CO)cc21. The highest BCUT2D eigenvalue weighted by Crippen LogP contribution is 2.62. The molecular weight excluding hydrogens is 330 g/mol. The predicted octanol–water partition coefficient (Wildman–Crippen LogP) is 1.99. The van der Waals surface area contributed by atoms with Gasteiger partial charge < -0.3 is 9.67 Å². The molecule has 26 heavy (non-hydrogen) atoms. The third-order valence-corrected chi connectivity index (χ3v) is 5.84. The summed E-state index contributed by atoms with van der Waals surface area (Å²) in [6.07, 6.45) is 7.50. The van der Waals surface area contributed by atoms with Crippen LogP contribution in [0.5, 0.6) is 0 Å². The molecule has 2 saturated carbocycles. The Bertz CT molecular complexity index is 995. The van der Waals surface area contributed by atoms with E-state index in [-0.39, 0.29) is 23.1 Å². The smallest absolute Gasteiger partial charge is 0.294 e. The summed E-state index contributed by atoms with van der Waals surface area (Å²) in [5.41, 5.74) is 0.949. The Hall–Kier alpha value is -2.28. The van der Waals surface area contributed by atoms with E-state index in [1.165, 1.54) is 4.57 Å². The van der Waals surface area contributed by atoms with Gasteiger partial charge in [0.2, 0.25) is 0 Å². The molecular formula is C19H25N5O2. The second-order valence-electron chi connectivity index (χ2n) is 7.62. The van der Waals surface area contributed by atoms with Crippen LogP contribution in [0.15, 0.2) is 17.1 Å². The van der Waals surface area contributed by atoms with E-state index in [0.29, 0.717) is 35.0 Å². The number of nitrogens with zero attached hydrogens (tertiary/aromatic N) is 3. The molecule has 0 amide bonds. The highest BCUT2D eigenvalue weighted by Gasteiger charge is 2.57. The monoisotopic (exact) mass is 355 g/mol. The Morgan fingerprint density at radius 3 is 2.73 bits per heavy atom. The number of aryl methyl sites for hydroxylation is 1. The van der Waals surface area contributed by atoms with Gasteiger partial charge in [-0.15, -0.1) is 0 Å². The first-order chi connectivity index (χ1) is 12.5. The van der Waals surface area contributed by atoms with Crippen LogP contribution < -0.4 is 11.0 Å². The van der Waals surface area contributed by atoms with Crippen LogP contribution in [0.4, 0.5) is 0 Å². The van der Waals surface area contributed by atoms with Crippen molar-refractivity contribution in [1.82, 2.24) is 14.1 Å². The lowest BCUT2D eigenvalue weighted by molar-refractivity contribution is 0.281.